The number of urea groups is 1. The SMILES string of the molecule is O=C(Nc1cccc2ccccc12)N1CC[C@](O)(C(F)(F)F)C1. The predicted octanol–water partition coefficient (Wildman–Crippen LogP) is 3.37. The summed E-state index contributed by atoms with van der Waals surface area (Å²) in [5, 5.41) is 14.0. The van der Waals surface area contributed by atoms with Gasteiger partial charge in [0.05, 0.1) is 12.2 Å². The zero-order chi connectivity index (χ0) is 16.7. The minimum absolute atomic E-state index is 0.146. The number of anilines is 1. The van der Waals surface area contributed by atoms with Gasteiger partial charge >= 0.3 is 12.2 Å². The Morgan fingerprint density at radius 1 is 1.17 bits per heavy atom. The van der Waals surface area contributed by atoms with Crippen molar-refractivity contribution in [3.63, 3.8) is 0 Å². The summed E-state index contributed by atoms with van der Waals surface area (Å²) in [7, 11) is 0. The van der Waals surface area contributed by atoms with Gasteiger partial charge in [-0.25, -0.2) is 4.79 Å². The van der Waals surface area contributed by atoms with Gasteiger partial charge in [-0.05, 0) is 11.5 Å². The smallest absolute Gasteiger partial charge is 0.379 e. The van der Waals surface area contributed by atoms with Gasteiger partial charge in [-0.2, -0.15) is 13.2 Å². The molecule has 0 aliphatic carbocycles. The monoisotopic (exact) mass is 324 g/mol. The molecule has 1 atom stereocenters. The Labute approximate surface area is 130 Å². The fourth-order valence-electron chi connectivity index (χ4n) is 2.73. The Hall–Kier alpha value is -2.28. The highest BCUT2D eigenvalue weighted by Gasteiger charge is 2.57. The van der Waals surface area contributed by atoms with Crippen molar-refractivity contribution in [1.82, 2.24) is 4.90 Å². The van der Waals surface area contributed by atoms with Crippen LogP contribution in [-0.2, 0) is 0 Å². The molecule has 0 saturated carbocycles. The fourth-order valence-corrected chi connectivity index (χ4v) is 2.73. The lowest BCUT2D eigenvalue weighted by atomic mass is 10.0. The van der Waals surface area contributed by atoms with Gasteiger partial charge in [-0.15, -0.1) is 0 Å². The molecule has 2 amide bonds. The van der Waals surface area contributed by atoms with Crippen molar-refractivity contribution in [2.45, 2.75) is 18.2 Å². The molecule has 7 heteroatoms. The average molecular weight is 324 g/mol. The number of nitrogens with one attached hydrogen (secondary N) is 1. The second-order valence-electron chi connectivity index (χ2n) is 5.66. The normalized spacial score (nSPS) is 21.7. The maximum atomic E-state index is 12.8. The summed E-state index contributed by atoms with van der Waals surface area (Å²) in [6.07, 6.45) is -5.26. The van der Waals surface area contributed by atoms with E-state index in [0.29, 0.717) is 5.69 Å². The number of nitrogens with zero attached hydrogens (tertiary/aromatic N) is 1. The quantitative estimate of drug-likeness (QED) is 0.845. The molecule has 1 aliphatic heterocycles. The molecular weight excluding hydrogens is 309 g/mol. The number of β-amino-alcohol motifs (C(OH)–C–C–N with tert-alkyl or cyclic N) is 1. The van der Waals surface area contributed by atoms with Crippen LogP contribution in [-0.4, -0.2) is 40.9 Å². The average Bonchev–Trinajstić information content (AvgIpc) is 2.91. The lowest BCUT2D eigenvalue weighted by molar-refractivity contribution is -0.253. The van der Waals surface area contributed by atoms with Crippen LogP contribution in [0.1, 0.15) is 6.42 Å². The molecule has 0 bridgehead atoms. The minimum atomic E-state index is -4.75. The Morgan fingerprint density at radius 2 is 1.87 bits per heavy atom. The van der Waals surface area contributed by atoms with Gasteiger partial charge < -0.3 is 15.3 Å². The predicted molar refractivity (Wildman–Crippen MR) is 80.2 cm³/mol. The molecule has 2 N–H and O–H groups in total. The van der Waals surface area contributed by atoms with Crippen LogP contribution >= 0.6 is 0 Å². The zero-order valence-electron chi connectivity index (χ0n) is 12.1. The number of likely N-dealkylation sites (tertiary alicyclic amines) is 1. The molecule has 122 valence electrons. The summed E-state index contributed by atoms with van der Waals surface area (Å²) in [6, 6.07) is 12.0. The van der Waals surface area contributed by atoms with E-state index in [4.69, 9.17) is 0 Å². The second-order valence-corrected chi connectivity index (χ2v) is 5.66. The Balaban J connectivity index is 1.78. The van der Waals surface area contributed by atoms with Gasteiger partial charge in [0, 0.05) is 18.4 Å². The first-order valence-corrected chi connectivity index (χ1v) is 7.13. The fraction of sp³-hybridized carbons (Fsp3) is 0.312. The van der Waals surface area contributed by atoms with Crippen molar-refractivity contribution in [3.8, 4) is 0 Å². The first-order valence-electron chi connectivity index (χ1n) is 7.13. The van der Waals surface area contributed by atoms with Crippen molar-refractivity contribution in [2.75, 3.05) is 18.4 Å². The van der Waals surface area contributed by atoms with Crippen LogP contribution in [0.25, 0.3) is 10.8 Å². The number of alkyl halides is 3. The summed E-state index contributed by atoms with van der Waals surface area (Å²) in [6.45, 7) is -0.903. The van der Waals surface area contributed by atoms with Crippen LogP contribution in [0.2, 0.25) is 0 Å². The van der Waals surface area contributed by atoms with Crippen LogP contribution in [0.5, 0.6) is 0 Å². The topological polar surface area (TPSA) is 52.6 Å². The van der Waals surface area contributed by atoms with Crippen molar-refractivity contribution in [1.29, 1.82) is 0 Å². The van der Waals surface area contributed by atoms with Gasteiger partial charge in [-0.1, -0.05) is 36.4 Å². The second kappa shape index (κ2) is 5.42. The largest absolute Gasteiger partial charge is 0.419 e. The first-order chi connectivity index (χ1) is 10.8. The third-order valence-electron chi connectivity index (χ3n) is 4.09. The number of carbonyl (C=O) groups is 1. The zero-order valence-corrected chi connectivity index (χ0v) is 12.1. The summed E-state index contributed by atoms with van der Waals surface area (Å²) in [4.78, 5) is 13.2. The molecule has 0 spiro atoms. The van der Waals surface area contributed by atoms with Gasteiger partial charge in [-0.3, -0.25) is 0 Å². The molecular formula is C16H15F3N2O2. The number of hydrogen-bond donors (Lipinski definition) is 2. The first kappa shape index (κ1) is 15.6. The van der Waals surface area contributed by atoms with Crippen molar-refractivity contribution >= 4 is 22.5 Å². The molecule has 4 nitrogen and oxygen atoms in total. The molecule has 1 fully saturated rings. The van der Waals surface area contributed by atoms with Gasteiger partial charge in [0.15, 0.2) is 5.60 Å². The number of rotatable bonds is 1. The minimum Gasteiger partial charge on any atom is -0.379 e. The van der Waals surface area contributed by atoms with Crippen LogP contribution in [0.4, 0.5) is 23.7 Å². The van der Waals surface area contributed by atoms with E-state index in [1.807, 2.05) is 30.3 Å². The summed E-state index contributed by atoms with van der Waals surface area (Å²) < 4.78 is 38.4. The highest BCUT2D eigenvalue weighted by atomic mass is 19.4. The van der Waals surface area contributed by atoms with Gasteiger partial charge in [0.2, 0.25) is 0 Å². The van der Waals surface area contributed by atoms with Gasteiger partial charge in [0.25, 0.3) is 0 Å². The van der Waals surface area contributed by atoms with E-state index in [2.05, 4.69) is 5.32 Å². The van der Waals surface area contributed by atoms with Crippen LogP contribution in [0.15, 0.2) is 42.5 Å². The van der Waals surface area contributed by atoms with E-state index in [-0.39, 0.29) is 6.54 Å². The third-order valence-corrected chi connectivity index (χ3v) is 4.09. The van der Waals surface area contributed by atoms with E-state index >= 15 is 0 Å². The molecule has 23 heavy (non-hydrogen) atoms. The van der Waals surface area contributed by atoms with E-state index < -0.39 is 30.8 Å². The van der Waals surface area contributed by atoms with Crippen molar-refractivity contribution in [2.24, 2.45) is 0 Å². The standard InChI is InChI=1S/C16H15F3N2O2/c17-16(18,19)15(23)8-9-21(10-15)14(22)20-13-7-3-5-11-4-1-2-6-12(11)13/h1-7,23H,8-10H2,(H,20,22)/t15-/m1/s1. The number of halogens is 3. The lowest BCUT2D eigenvalue weighted by Gasteiger charge is -2.26. The summed E-state index contributed by atoms with van der Waals surface area (Å²) in [5.74, 6) is 0. The van der Waals surface area contributed by atoms with Crippen LogP contribution in [0.3, 0.4) is 0 Å². The van der Waals surface area contributed by atoms with Crippen molar-refractivity contribution in [3.05, 3.63) is 42.5 Å². The summed E-state index contributed by atoms with van der Waals surface area (Å²) in [5.41, 5.74) is -2.31. The molecule has 0 radical (unpaired) electrons. The van der Waals surface area contributed by atoms with E-state index in [1.54, 1.807) is 12.1 Å². The number of benzene rings is 2. The maximum absolute atomic E-state index is 12.8. The molecule has 2 aromatic rings. The molecule has 2 aromatic carbocycles. The van der Waals surface area contributed by atoms with Crippen LogP contribution in [0, 0.1) is 0 Å². The molecule has 1 heterocycles. The van der Waals surface area contributed by atoms with Crippen LogP contribution < -0.4 is 5.32 Å². The summed E-state index contributed by atoms with van der Waals surface area (Å²) >= 11 is 0. The molecule has 1 saturated heterocycles. The number of amides is 2. The molecule has 1 aliphatic rings. The highest BCUT2D eigenvalue weighted by molar-refractivity contribution is 6.01. The van der Waals surface area contributed by atoms with Crippen molar-refractivity contribution < 1.29 is 23.1 Å². The van der Waals surface area contributed by atoms with E-state index in [0.717, 1.165) is 15.7 Å². The Kier molecular flexibility index (Phi) is 3.68. The van der Waals surface area contributed by atoms with Gasteiger partial charge in [0.1, 0.15) is 0 Å². The number of carbonyl (C=O) groups excluding carboxylic acids is 1. The van der Waals surface area contributed by atoms with E-state index in [1.165, 1.54) is 0 Å². The Bertz CT molecular complexity index is 742. The third kappa shape index (κ3) is 2.84. The number of aliphatic hydroxyl groups is 1. The highest BCUT2D eigenvalue weighted by Crippen LogP contribution is 2.37. The number of hydrogen-bond acceptors (Lipinski definition) is 2. The van der Waals surface area contributed by atoms with E-state index in [9.17, 15) is 23.1 Å². The Morgan fingerprint density at radius 3 is 2.57 bits per heavy atom. The molecule has 0 aromatic heterocycles. The maximum Gasteiger partial charge on any atom is 0.419 e. The molecule has 3 rings (SSSR count). The lowest BCUT2D eigenvalue weighted by Crippen LogP contribution is -2.48. The number of fused-ring (bicyclic) bond motifs is 1. The molecule has 0 unspecified atom stereocenters.